The highest BCUT2D eigenvalue weighted by molar-refractivity contribution is 9.10. The minimum atomic E-state index is -2.89. The summed E-state index contributed by atoms with van der Waals surface area (Å²) in [7, 11) is -1.19. The molecule has 1 aliphatic heterocycles. The lowest BCUT2D eigenvalue weighted by Gasteiger charge is -2.28. The van der Waals surface area contributed by atoms with Crippen LogP contribution in [0.15, 0.2) is 33.7 Å². The lowest BCUT2D eigenvalue weighted by molar-refractivity contribution is 0.503. The van der Waals surface area contributed by atoms with Crippen molar-refractivity contribution >= 4 is 31.7 Å². The highest BCUT2D eigenvalue weighted by Gasteiger charge is 2.29. The maximum atomic E-state index is 11.5. The number of guanidine groups is 1. The average Bonchev–Trinajstić information content (AvgIpc) is 2.82. The minimum absolute atomic E-state index is 0.0576. The number of hydrogen-bond donors (Lipinski definition) is 2. The number of aliphatic imine (C=N–C) groups is 1. The molecule has 1 heterocycles. The van der Waals surface area contributed by atoms with Crippen molar-refractivity contribution in [3.8, 4) is 0 Å². The Morgan fingerprint density at radius 3 is 2.65 bits per heavy atom. The van der Waals surface area contributed by atoms with Crippen LogP contribution in [0.4, 0.5) is 0 Å². The molecular formula is C16H24BrN3O2S. The Morgan fingerprint density at radius 1 is 1.39 bits per heavy atom. The van der Waals surface area contributed by atoms with Crippen molar-refractivity contribution in [3.05, 3.63) is 34.3 Å². The van der Waals surface area contributed by atoms with Crippen molar-refractivity contribution in [1.82, 2.24) is 10.6 Å². The first kappa shape index (κ1) is 18.3. The van der Waals surface area contributed by atoms with Gasteiger partial charge in [-0.3, -0.25) is 4.99 Å². The Kier molecular flexibility index (Phi) is 5.73. The van der Waals surface area contributed by atoms with Gasteiger partial charge in [0.05, 0.1) is 11.5 Å². The van der Waals surface area contributed by atoms with E-state index in [-0.39, 0.29) is 23.0 Å². The molecule has 2 rings (SSSR count). The summed E-state index contributed by atoms with van der Waals surface area (Å²) in [6, 6.07) is 8.10. The molecule has 7 heteroatoms. The zero-order valence-corrected chi connectivity index (χ0v) is 16.2. The zero-order chi connectivity index (χ0) is 17.1. The molecule has 1 aliphatic rings. The molecule has 0 spiro atoms. The van der Waals surface area contributed by atoms with E-state index >= 15 is 0 Å². The smallest absolute Gasteiger partial charge is 0.191 e. The van der Waals surface area contributed by atoms with Gasteiger partial charge in [-0.25, -0.2) is 8.42 Å². The van der Waals surface area contributed by atoms with Crippen molar-refractivity contribution in [2.75, 3.05) is 25.1 Å². The van der Waals surface area contributed by atoms with Crippen LogP contribution in [-0.4, -0.2) is 45.5 Å². The van der Waals surface area contributed by atoms with Crippen LogP contribution in [0, 0.1) is 0 Å². The topological polar surface area (TPSA) is 70.6 Å². The van der Waals surface area contributed by atoms with Crippen molar-refractivity contribution in [3.63, 3.8) is 0 Å². The second-order valence-corrected chi connectivity index (χ2v) is 9.62. The van der Waals surface area contributed by atoms with Crippen LogP contribution < -0.4 is 10.6 Å². The summed E-state index contributed by atoms with van der Waals surface area (Å²) in [5, 5.41) is 6.52. The van der Waals surface area contributed by atoms with Gasteiger partial charge in [0, 0.05) is 29.5 Å². The molecule has 1 unspecified atom stereocenters. The summed E-state index contributed by atoms with van der Waals surface area (Å²) in [5.74, 6) is 1.08. The van der Waals surface area contributed by atoms with Crippen molar-refractivity contribution < 1.29 is 8.42 Å². The van der Waals surface area contributed by atoms with Gasteiger partial charge in [-0.2, -0.15) is 0 Å². The van der Waals surface area contributed by atoms with Gasteiger partial charge < -0.3 is 10.6 Å². The minimum Gasteiger partial charge on any atom is -0.356 e. The van der Waals surface area contributed by atoms with Gasteiger partial charge >= 0.3 is 0 Å². The fraction of sp³-hybridized carbons (Fsp3) is 0.562. The van der Waals surface area contributed by atoms with Crippen LogP contribution in [-0.2, 0) is 15.3 Å². The van der Waals surface area contributed by atoms with Gasteiger partial charge in [0.1, 0.15) is 0 Å². The standard InChI is InChI=1S/C16H24BrN3O2S/c1-16(2,13-6-4-5-7-14(13)17)11-19-15(18-3)20-12-8-9-23(21,22)10-12/h4-7,12H,8-11H2,1-3H3,(H2,18,19,20). The highest BCUT2D eigenvalue weighted by atomic mass is 79.9. The summed E-state index contributed by atoms with van der Waals surface area (Å²) in [4.78, 5) is 4.21. The summed E-state index contributed by atoms with van der Waals surface area (Å²) in [5.41, 5.74) is 1.12. The predicted molar refractivity (Wildman–Crippen MR) is 98.7 cm³/mol. The molecule has 23 heavy (non-hydrogen) atoms. The van der Waals surface area contributed by atoms with Gasteiger partial charge in [-0.05, 0) is 18.1 Å². The maximum Gasteiger partial charge on any atom is 0.191 e. The lowest BCUT2D eigenvalue weighted by atomic mass is 9.84. The largest absolute Gasteiger partial charge is 0.356 e. The van der Waals surface area contributed by atoms with Crippen LogP contribution in [0.3, 0.4) is 0 Å². The highest BCUT2D eigenvalue weighted by Crippen LogP contribution is 2.29. The molecule has 0 saturated carbocycles. The Morgan fingerprint density at radius 2 is 2.09 bits per heavy atom. The van der Waals surface area contributed by atoms with E-state index in [1.807, 2.05) is 18.2 Å². The van der Waals surface area contributed by atoms with Crippen LogP contribution in [0.25, 0.3) is 0 Å². The van der Waals surface area contributed by atoms with Crippen LogP contribution in [0.2, 0.25) is 0 Å². The first-order valence-electron chi connectivity index (χ1n) is 7.66. The maximum absolute atomic E-state index is 11.5. The fourth-order valence-electron chi connectivity index (χ4n) is 2.71. The second-order valence-electron chi connectivity index (χ2n) is 6.53. The number of sulfone groups is 1. The van der Waals surface area contributed by atoms with E-state index in [9.17, 15) is 8.42 Å². The SMILES string of the molecule is CN=C(NCC(C)(C)c1ccccc1Br)NC1CCS(=O)(=O)C1. The van der Waals surface area contributed by atoms with Gasteiger partial charge in [0.2, 0.25) is 0 Å². The molecular weight excluding hydrogens is 378 g/mol. The first-order valence-corrected chi connectivity index (χ1v) is 10.3. The summed E-state index contributed by atoms with van der Waals surface area (Å²) in [6.45, 7) is 5.01. The number of halogens is 1. The van der Waals surface area contributed by atoms with E-state index in [1.165, 1.54) is 5.56 Å². The molecule has 1 aromatic rings. The van der Waals surface area contributed by atoms with Gasteiger partial charge in [-0.1, -0.05) is 48.0 Å². The summed E-state index contributed by atoms with van der Waals surface area (Å²) >= 11 is 3.60. The molecule has 2 N–H and O–H groups in total. The molecule has 0 bridgehead atoms. The molecule has 128 valence electrons. The number of benzene rings is 1. The molecule has 0 aliphatic carbocycles. The van der Waals surface area contributed by atoms with E-state index in [4.69, 9.17) is 0 Å². The third kappa shape index (κ3) is 4.94. The Hall–Kier alpha value is -1.08. The quantitative estimate of drug-likeness (QED) is 0.598. The molecule has 5 nitrogen and oxygen atoms in total. The summed E-state index contributed by atoms with van der Waals surface area (Å²) < 4.78 is 24.2. The second kappa shape index (κ2) is 7.21. The number of nitrogens with zero attached hydrogens (tertiary/aromatic N) is 1. The van der Waals surface area contributed by atoms with Crippen molar-refractivity contribution in [1.29, 1.82) is 0 Å². The normalized spacial score (nSPS) is 21.2. The molecule has 1 fully saturated rings. The molecule has 0 radical (unpaired) electrons. The van der Waals surface area contributed by atoms with E-state index in [2.05, 4.69) is 51.5 Å². The summed E-state index contributed by atoms with van der Waals surface area (Å²) in [6.07, 6.45) is 0.636. The van der Waals surface area contributed by atoms with E-state index in [1.54, 1.807) is 7.05 Å². The Bertz CT molecular complexity index is 686. The van der Waals surface area contributed by atoms with Crippen molar-refractivity contribution in [2.24, 2.45) is 4.99 Å². The van der Waals surface area contributed by atoms with Crippen molar-refractivity contribution in [2.45, 2.75) is 31.7 Å². The molecule has 0 aromatic heterocycles. The monoisotopic (exact) mass is 401 g/mol. The average molecular weight is 402 g/mol. The van der Waals surface area contributed by atoms with Gasteiger partial charge in [0.25, 0.3) is 0 Å². The molecule has 1 saturated heterocycles. The lowest BCUT2D eigenvalue weighted by Crippen LogP contribution is -2.47. The Labute approximate surface area is 147 Å². The van der Waals surface area contributed by atoms with E-state index in [0.29, 0.717) is 18.9 Å². The number of rotatable bonds is 4. The van der Waals surface area contributed by atoms with E-state index < -0.39 is 9.84 Å². The van der Waals surface area contributed by atoms with Crippen LogP contribution in [0.5, 0.6) is 0 Å². The predicted octanol–water partition coefficient (Wildman–Crippen LogP) is 2.08. The third-order valence-corrected chi connectivity index (χ3v) is 6.56. The van der Waals surface area contributed by atoms with Gasteiger partial charge in [-0.15, -0.1) is 0 Å². The fourth-order valence-corrected chi connectivity index (χ4v) is 5.20. The molecule has 1 atom stereocenters. The molecule has 0 amide bonds. The van der Waals surface area contributed by atoms with Gasteiger partial charge in [0.15, 0.2) is 15.8 Å². The number of nitrogens with one attached hydrogen (secondary N) is 2. The molecule has 1 aromatic carbocycles. The Balaban J connectivity index is 1.97. The van der Waals surface area contributed by atoms with Crippen LogP contribution in [0.1, 0.15) is 25.8 Å². The first-order chi connectivity index (χ1) is 10.7. The van der Waals surface area contributed by atoms with Crippen LogP contribution >= 0.6 is 15.9 Å². The zero-order valence-electron chi connectivity index (χ0n) is 13.8. The number of hydrogen-bond acceptors (Lipinski definition) is 3. The third-order valence-electron chi connectivity index (χ3n) is 4.10. The van der Waals surface area contributed by atoms with E-state index in [0.717, 1.165) is 4.47 Å².